The van der Waals surface area contributed by atoms with Gasteiger partial charge < -0.3 is 24.0 Å². The van der Waals surface area contributed by atoms with Crippen LogP contribution in [0.4, 0.5) is 11.8 Å². The Kier molecular flexibility index (Phi) is 5.70. The number of carbonyl (C=O) groups is 1. The first-order chi connectivity index (χ1) is 15.6. The number of ether oxygens (including phenoxy) is 1. The van der Waals surface area contributed by atoms with Crippen LogP contribution in [0.3, 0.4) is 0 Å². The Morgan fingerprint density at radius 2 is 1.75 bits per heavy atom. The van der Waals surface area contributed by atoms with Crippen LogP contribution < -0.4 is 9.80 Å². The Hall–Kier alpha value is -3.13. The summed E-state index contributed by atoms with van der Waals surface area (Å²) in [5, 5.41) is 1.16. The Labute approximate surface area is 188 Å². The molecule has 0 spiro atoms. The van der Waals surface area contributed by atoms with Gasteiger partial charge in [0.15, 0.2) is 0 Å². The molecule has 2 aliphatic rings. The molecule has 5 rings (SSSR count). The Balaban J connectivity index is 1.24. The topological polar surface area (TPSA) is 66.7 Å². The summed E-state index contributed by atoms with van der Waals surface area (Å²) in [7, 11) is 2.03. The largest absolute Gasteiger partial charge is 0.378 e. The second-order valence-electron chi connectivity index (χ2n) is 8.59. The number of amides is 1. The van der Waals surface area contributed by atoms with Crippen LogP contribution in [-0.4, -0.2) is 77.8 Å². The van der Waals surface area contributed by atoms with Gasteiger partial charge in [-0.2, -0.15) is 4.98 Å². The third-order valence-corrected chi connectivity index (χ3v) is 6.40. The van der Waals surface area contributed by atoms with Gasteiger partial charge in [-0.15, -0.1) is 0 Å². The molecular weight excluding hydrogens is 404 g/mol. The maximum absolute atomic E-state index is 13.0. The minimum Gasteiger partial charge on any atom is -0.378 e. The van der Waals surface area contributed by atoms with E-state index in [1.54, 1.807) is 0 Å². The fourth-order valence-electron chi connectivity index (χ4n) is 4.63. The fourth-order valence-corrected chi connectivity index (χ4v) is 4.63. The molecule has 2 aromatic heterocycles. The van der Waals surface area contributed by atoms with Crippen molar-refractivity contribution in [3.63, 3.8) is 0 Å². The van der Waals surface area contributed by atoms with Crippen LogP contribution in [0.1, 0.15) is 11.3 Å². The number of fused-ring (bicyclic) bond motifs is 1. The number of hydrogen-bond donors (Lipinski definition) is 0. The van der Waals surface area contributed by atoms with E-state index in [2.05, 4.69) is 37.7 Å². The van der Waals surface area contributed by atoms with Gasteiger partial charge in [-0.3, -0.25) is 4.79 Å². The SMILES string of the molecule is Cc1cc(N2CCN(C(=O)Cc3cn(C)c4ccccc34)CC2)nc(N2CCOCC2)n1. The summed E-state index contributed by atoms with van der Waals surface area (Å²) in [6.45, 7) is 8.05. The second kappa shape index (κ2) is 8.78. The van der Waals surface area contributed by atoms with Gasteiger partial charge in [0.05, 0.1) is 19.6 Å². The lowest BCUT2D eigenvalue weighted by Crippen LogP contribution is -2.49. The van der Waals surface area contributed by atoms with Crippen LogP contribution in [-0.2, 0) is 23.0 Å². The van der Waals surface area contributed by atoms with E-state index in [4.69, 9.17) is 9.72 Å². The fraction of sp³-hybridized carbons (Fsp3) is 0.458. The van der Waals surface area contributed by atoms with Crippen LogP contribution in [0.5, 0.6) is 0 Å². The Bertz CT molecular complexity index is 1110. The lowest BCUT2D eigenvalue weighted by Gasteiger charge is -2.36. The second-order valence-corrected chi connectivity index (χ2v) is 8.59. The Morgan fingerprint density at radius 1 is 1.00 bits per heavy atom. The number of para-hydroxylation sites is 1. The van der Waals surface area contributed by atoms with Crippen molar-refractivity contribution in [1.29, 1.82) is 0 Å². The van der Waals surface area contributed by atoms with Crippen LogP contribution in [0.15, 0.2) is 36.5 Å². The molecule has 0 aliphatic carbocycles. The zero-order valence-corrected chi connectivity index (χ0v) is 18.8. The highest BCUT2D eigenvalue weighted by Crippen LogP contribution is 2.23. The molecule has 0 N–H and O–H groups in total. The van der Waals surface area contributed by atoms with Crippen molar-refractivity contribution in [1.82, 2.24) is 19.4 Å². The molecule has 2 aliphatic heterocycles. The maximum atomic E-state index is 13.0. The third-order valence-electron chi connectivity index (χ3n) is 6.40. The van der Waals surface area contributed by atoms with Gasteiger partial charge in [0.25, 0.3) is 0 Å². The molecule has 4 heterocycles. The van der Waals surface area contributed by atoms with Gasteiger partial charge >= 0.3 is 0 Å². The van der Waals surface area contributed by atoms with E-state index < -0.39 is 0 Å². The summed E-state index contributed by atoms with van der Waals surface area (Å²) in [4.78, 5) is 28.9. The van der Waals surface area contributed by atoms with Crippen molar-refractivity contribution in [2.24, 2.45) is 7.05 Å². The molecule has 32 heavy (non-hydrogen) atoms. The van der Waals surface area contributed by atoms with Gasteiger partial charge in [-0.25, -0.2) is 4.98 Å². The summed E-state index contributed by atoms with van der Waals surface area (Å²) in [5.74, 6) is 1.91. The number of aryl methyl sites for hydroxylation is 2. The van der Waals surface area contributed by atoms with Crippen molar-refractivity contribution in [2.45, 2.75) is 13.3 Å². The molecule has 3 aromatic rings. The quantitative estimate of drug-likeness (QED) is 0.626. The first kappa shape index (κ1) is 20.8. The molecule has 8 heteroatoms. The number of hydrogen-bond acceptors (Lipinski definition) is 6. The predicted molar refractivity (Wildman–Crippen MR) is 125 cm³/mol. The van der Waals surface area contributed by atoms with E-state index in [1.807, 2.05) is 37.1 Å². The third kappa shape index (κ3) is 4.14. The minimum absolute atomic E-state index is 0.189. The molecule has 2 fully saturated rings. The van der Waals surface area contributed by atoms with Gasteiger partial charge in [-0.05, 0) is 18.6 Å². The van der Waals surface area contributed by atoms with Crippen molar-refractivity contribution in [2.75, 3.05) is 62.3 Å². The minimum atomic E-state index is 0.189. The molecule has 8 nitrogen and oxygen atoms in total. The van der Waals surface area contributed by atoms with Gasteiger partial charge in [0.2, 0.25) is 11.9 Å². The number of anilines is 2. The number of nitrogens with zero attached hydrogens (tertiary/aromatic N) is 6. The highest BCUT2D eigenvalue weighted by atomic mass is 16.5. The van der Waals surface area contributed by atoms with E-state index in [0.717, 1.165) is 60.1 Å². The molecule has 168 valence electrons. The molecule has 1 amide bonds. The lowest BCUT2D eigenvalue weighted by atomic mass is 10.1. The van der Waals surface area contributed by atoms with Crippen LogP contribution >= 0.6 is 0 Å². The van der Waals surface area contributed by atoms with E-state index in [9.17, 15) is 4.79 Å². The average Bonchev–Trinajstić information content (AvgIpc) is 3.14. The van der Waals surface area contributed by atoms with Crippen molar-refractivity contribution >= 4 is 28.6 Å². The maximum Gasteiger partial charge on any atom is 0.227 e. The number of benzene rings is 1. The summed E-state index contributed by atoms with van der Waals surface area (Å²) < 4.78 is 7.55. The van der Waals surface area contributed by atoms with Gasteiger partial charge in [-0.1, -0.05) is 18.2 Å². The smallest absolute Gasteiger partial charge is 0.227 e. The molecule has 0 atom stereocenters. The van der Waals surface area contributed by atoms with Gasteiger partial charge in [0.1, 0.15) is 5.82 Å². The van der Waals surface area contributed by atoms with E-state index in [0.29, 0.717) is 32.7 Å². The zero-order valence-electron chi connectivity index (χ0n) is 18.8. The van der Waals surface area contributed by atoms with Gasteiger partial charge in [0, 0.05) is 75.2 Å². The van der Waals surface area contributed by atoms with Crippen LogP contribution in [0, 0.1) is 6.92 Å². The Morgan fingerprint density at radius 3 is 2.53 bits per heavy atom. The van der Waals surface area contributed by atoms with E-state index >= 15 is 0 Å². The molecule has 2 saturated heterocycles. The summed E-state index contributed by atoms with van der Waals surface area (Å²) in [6, 6.07) is 10.3. The molecular formula is C24H30N6O2. The average molecular weight is 435 g/mol. The first-order valence-electron chi connectivity index (χ1n) is 11.3. The predicted octanol–water partition coefficient (Wildman–Crippen LogP) is 2.00. The molecule has 0 saturated carbocycles. The first-order valence-corrected chi connectivity index (χ1v) is 11.3. The zero-order chi connectivity index (χ0) is 22.1. The van der Waals surface area contributed by atoms with E-state index in [-0.39, 0.29) is 5.91 Å². The van der Waals surface area contributed by atoms with Crippen molar-refractivity contribution in [3.8, 4) is 0 Å². The van der Waals surface area contributed by atoms with E-state index in [1.165, 1.54) is 0 Å². The number of carbonyl (C=O) groups excluding carboxylic acids is 1. The molecule has 0 radical (unpaired) electrons. The number of morpholine rings is 1. The standard InChI is InChI=1S/C24H30N6O2/c1-18-15-22(26-24(25-18)30-11-13-32-14-12-30)28-7-9-29(10-8-28)23(31)16-19-17-27(2)21-6-4-3-5-20(19)21/h3-6,15,17H,7-14,16H2,1-2H3. The summed E-state index contributed by atoms with van der Waals surface area (Å²) >= 11 is 0. The number of piperazine rings is 1. The van der Waals surface area contributed by atoms with Crippen molar-refractivity contribution in [3.05, 3.63) is 47.8 Å². The monoisotopic (exact) mass is 434 g/mol. The number of aromatic nitrogens is 3. The highest BCUT2D eigenvalue weighted by Gasteiger charge is 2.24. The normalized spacial score (nSPS) is 17.2. The summed E-state index contributed by atoms with van der Waals surface area (Å²) in [5.41, 5.74) is 3.22. The molecule has 1 aromatic carbocycles. The number of rotatable bonds is 4. The summed E-state index contributed by atoms with van der Waals surface area (Å²) in [6.07, 6.45) is 2.52. The lowest BCUT2D eigenvalue weighted by molar-refractivity contribution is -0.130. The molecule has 0 bridgehead atoms. The van der Waals surface area contributed by atoms with Crippen molar-refractivity contribution < 1.29 is 9.53 Å². The highest BCUT2D eigenvalue weighted by molar-refractivity contribution is 5.89. The molecule has 0 unspecified atom stereocenters. The van der Waals surface area contributed by atoms with Crippen LogP contribution in [0.25, 0.3) is 10.9 Å². The van der Waals surface area contributed by atoms with Crippen LogP contribution in [0.2, 0.25) is 0 Å².